The van der Waals surface area contributed by atoms with E-state index in [0.717, 1.165) is 50.0 Å². The van der Waals surface area contributed by atoms with Gasteiger partial charge in [0.15, 0.2) is 5.96 Å². The molecule has 5 nitrogen and oxygen atoms in total. The molecule has 0 aromatic rings. The first-order chi connectivity index (χ1) is 11.7. The summed E-state index contributed by atoms with van der Waals surface area (Å²) < 4.78 is 4.93. The molecule has 2 N–H and O–H groups in total. The molecule has 1 saturated carbocycles. The molecule has 1 fully saturated rings. The number of aliphatic imine (C=N–C) groups is 1. The number of nitrogens with one attached hydrogen (secondary N) is 2. The van der Waals surface area contributed by atoms with Crippen molar-refractivity contribution < 1.29 is 9.53 Å². The van der Waals surface area contributed by atoms with E-state index >= 15 is 0 Å². The minimum Gasteiger partial charge on any atom is -0.466 e. The zero-order valence-corrected chi connectivity index (χ0v) is 19.2. The van der Waals surface area contributed by atoms with E-state index in [-0.39, 0.29) is 29.9 Å². The van der Waals surface area contributed by atoms with Crippen LogP contribution in [-0.2, 0) is 9.53 Å². The van der Waals surface area contributed by atoms with Crippen LogP contribution in [0.1, 0.15) is 65.2 Å². The number of hydrogen-bond acceptors (Lipinski definition) is 4. The quantitative estimate of drug-likeness (QED) is 0.153. The van der Waals surface area contributed by atoms with Crippen molar-refractivity contribution in [2.75, 3.05) is 26.0 Å². The number of esters is 1. The van der Waals surface area contributed by atoms with Gasteiger partial charge >= 0.3 is 5.97 Å². The minimum atomic E-state index is -0.0748. The summed E-state index contributed by atoms with van der Waals surface area (Å²) >= 11 is 1.98. The van der Waals surface area contributed by atoms with Crippen LogP contribution in [0.3, 0.4) is 0 Å². The lowest BCUT2D eigenvalue weighted by Gasteiger charge is -2.17. The van der Waals surface area contributed by atoms with Crippen molar-refractivity contribution in [1.29, 1.82) is 0 Å². The highest BCUT2D eigenvalue weighted by atomic mass is 127. The summed E-state index contributed by atoms with van der Waals surface area (Å²) in [5, 5.41) is 7.72. The molecule has 7 heteroatoms. The van der Waals surface area contributed by atoms with Gasteiger partial charge in [0.2, 0.25) is 0 Å². The summed E-state index contributed by atoms with van der Waals surface area (Å²) in [7, 11) is 0. The van der Waals surface area contributed by atoms with E-state index in [0.29, 0.717) is 19.1 Å². The van der Waals surface area contributed by atoms with Crippen molar-refractivity contribution in [3.8, 4) is 0 Å². The minimum absolute atomic E-state index is 0. The average molecular weight is 485 g/mol. The Balaban J connectivity index is 0.00000576. The summed E-state index contributed by atoms with van der Waals surface area (Å²) in [6, 6.07) is 0.560. The van der Waals surface area contributed by atoms with Crippen LogP contribution < -0.4 is 10.6 Å². The number of halogens is 1. The molecule has 2 atom stereocenters. The smallest absolute Gasteiger partial charge is 0.305 e. The van der Waals surface area contributed by atoms with Gasteiger partial charge in [-0.3, -0.25) is 9.79 Å². The second kappa shape index (κ2) is 16.0. The van der Waals surface area contributed by atoms with E-state index in [1.54, 1.807) is 0 Å². The molecule has 0 bridgehead atoms. The van der Waals surface area contributed by atoms with E-state index < -0.39 is 0 Å². The SMILES string of the molecule is CCNC(=NCCCCCCC(=O)OCC)NC1CCC(SC)C1.I. The first-order valence-electron chi connectivity index (χ1n) is 9.42. The lowest BCUT2D eigenvalue weighted by Crippen LogP contribution is -2.42. The molecule has 148 valence electrons. The molecule has 0 saturated heterocycles. The molecule has 0 spiro atoms. The van der Waals surface area contributed by atoms with Gasteiger partial charge in [0.05, 0.1) is 6.61 Å². The van der Waals surface area contributed by atoms with Crippen molar-refractivity contribution >= 4 is 47.7 Å². The Hall–Kier alpha value is -0.180. The predicted molar refractivity (Wildman–Crippen MR) is 119 cm³/mol. The van der Waals surface area contributed by atoms with Crippen LogP contribution in [0, 0.1) is 0 Å². The van der Waals surface area contributed by atoms with Gasteiger partial charge in [0.1, 0.15) is 0 Å². The van der Waals surface area contributed by atoms with Crippen LogP contribution in [0.25, 0.3) is 0 Å². The molecule has 0 radical (unpaired) electrons. The summed E-state index contributed by atoms with van der Waals surface area (Å²) in [6.45, 7) is 6.16. The number of thioether (sulfide) groups is 1. The fourth-order valence-electron chi connectivity index (χ4n) is 2.96. The molecular formula is C18H36IN3O2S. The lowest BCUT2D eigenvalue weighted by atomic mass is 10.1. The van der Waals surface area contributed by atoms with Gasteiger partial charge in [-0.1, -0.05) is 12.8 Å². The van der Waals surface area contributed by atoms with Crippen LogP contribution in [0.5, 0.6) is 0 Å². The van der Waals surface area contributed by atoms with Gasteiger partial charge in [0.25, 0.3) is 0 Å². The highest BCUT2D eigenvalue weighted by molar-refractivity contribution is 14.0. The van der Waals surface area contributed by atoms with Crippen molar-refractivity contribution in [2.45, 2.75) is 76.5 Å². The molecule has 2 unspecified atom stereocenters. The molecule has 1 rings (SSSR count). The molecule has 0 aromatic carbocycles. The van der Waals surface area contributed by atoms with Gasteiger partial charge < -0.3 is 15.4 Å². The number of unbranched alkanes of at least 4 members (excludes halogenated alkanes) is 3. The Morgan fingerprint density at radius 3 is 2.60 bits per heavy atom. The highest BCUT2D eigenvalue weighted by Crippen LogP contribution is 2.27. The van der Waals surface area contributed by atoms with E-state index in [1.165, 1.54) is 19.3 Å². The summed E-state index contributed by atoms with van der Waals surface area (Å²) in [4.78, 5) is 15.9. The third kappa shape index (κ3) is 11.9. The van der Waals surface area contributed by atoms with E-state index in [9.17, 15) is 4.79 Å². The monoisotopic (exact) mass is 485 g/mol. The van der Waals surface area contributed by atoms with Crippen molar-refractivity contribution in [1.82, 2.24) is 10.6 Å². The van der Waals surface area contributed by atoms with E-state index in [2.05, 4.69) is 28.8 Å². The average Bonchev–Trinajstić information content (AvgIpc) is 3.02. The third-order valence-electron chi connectivity index (χ3n) is 4.27. The topological polar surface area (TPSA) is 62.7 Å². The molecule has 1 aliphatic carbocycles. The van der Waals surface area contributed by atoms with Crippen LogP contribution in [0.4, 0.5) is 0 Å². The van der Waals surface area contributed by atoms with Crippen LogP contribution in [0.15, 0.2) is 4.99 Å². The van der Waals surface area contributed by atoms with Crippen molar-refractivity contribution in [2.24, 2.45) is 4.99 Å². The largest absolute Gasteiger partial charge is 0.466 e. The molecular weight excluding hydrogens is 449 g/mol. The number of nitrogens with zero attached hydrogens (tertiary/aromatic N) is 1. The molecule has 0 aromatic heterocycles. The zero-order valence-electron chi connectivity index (χ0n) is 16.0. The standard InChI is InChI=1S/C18H35N3O2S.HI/c1-4-19-18(21-15-11-12-16(14-15)24-3)20-13-9-7-6-8-10-17(22)23-5-2;/h15-16H,4-14H2,1-3H3,(H2,19,20,21);1H. The number of rotatable bonds is 11. The number of hydrogen-bond donors (Lipinski definition) is 2. The van der Waals surface area contributed by atoms with Crippen LogP contribution >= 0.6 is 35.7 Å². The Kier molecular flexibility index (Phi) is 15.9. The summed E-state index contributed by atoms with van der Waals surface area (Å²) in [5.74, 6) is 0.880. The fourth-order valence-corrected chi connectivity index (χ4v) is 3.75. The lowest BCUT2D eigenvalue weighted by molar-refractivity contribution is -0.143. The Bertz CT molecular complexity index is 383. The van der Waals surface area contributed by atoms with Crippen LogP contribution in [0.2, 0.25) is 0 Å². The number of ether oxygens (including phenoxy) is 1. The fraction of sp³-hybridized carbons (Fsp3) is 0.889. The number of carbonyl (C=O) groups excluding carboxylic acids is 1. The third-order valence-corrected chi connectivity index (χ3v) is 5.36. The predicted octanol–water partition coefficient (Wildman–Crippen LogP) is 3.96. The van der Waals surface area contributed by atoms with E-state index in [1.807, 2.05) is 18.7 Å². The second-order valence-corrected chi connectivity index (χ2v) is 7.38. The van der Waals surface area contributed by atoms with Gasteiger partial charge in [-0.05, 0) is 52.2 Å². The summed E-state index contributed by atoms with van der Waals surface area (Å²) in [5.41, 5.74) is 0. The van der Waals surface area contributed by atoms with E-state index in [4.69, 9.17) is 4.74 Å². The second-order valence-electron chi connectivity index (χ2n) is 6.24. The number of guanidine groups is 1. The molecule has 1 aliphatic rings. The van der Waals surface area contributed by atoms with Crippen molar-refractivity contribution in [3.63, 3.8) is 0 Å². The summed E-state index contributed by atoms with van der Waals surface area (Å²) in [6.07, 6.45) is 10.7. The zero-order chi connectivity index (χ0) is 17.6. The maximum atomic E-state index is 11.2. The Morgan fingerprint density at radius 2 is 1.96 bits per heavy atom. The first kappa shape index (κ1) is 24.8. The Morgan fingerprint density at radius 1 is 1.20 bits per heavy atom. The van der Waals surface area contributed by atoms with Gasteiger partial charge in [0, 0.05) is 30.8 Å². The molecule has 0 amide bonds. The van der Waals surface area contributed by atoms with Gasteiger partial charge in [-0.2, -0.15) is 11.8 Å². The first-order valence-corrected chi connectivity index (χ1v) is 10.7. The normalized spacial score (nSPS) is 20.0. The molecule has 25 heavy (non-hydrogen) atoms. The van der Waals surface area contributed by atoms with Crippen LogP contribution in [-0.4, -0.2) is 49.2 Å². The molecule has 0 heterocycles. The molecule has 0 aliphatic heterocycles. The Labute approximate surface area is 174 Å². The van der Waals surface area contributed by atoms with Gasteiger partial charge in [-0.25, -0.2) is 0 Å². The maximum Gasteiger partial charge on any atom is 0.305 e. The number of carbonyl (C=O) groups is 1. The maximum absolute atomic E-state index is 11.2. The van der Waals surface area contributed by atoms with Crippen molar-refractivity contribution in [3.05, 3.63) is 0 Å². The highest BCUT2D eigenvalue weighted by Gasteiger charge is 2.24. The van der Waals surface area contributed by atoms with Gasteiger partial charge in [-0.15, -0.1) is 24.0 Å².